The van der Waals surface area contributed by atoms with Crippen molar-refractivity contribution in [3.05, 3.63) is 28.2 Å². The van der Waals surface area contributed by atoms with Crippen LogP contribution in [-0.2, 0) is 0 Å². The molecule has 0 amide bonds. The summed E-state index contributed by atoms with van der Waals surface area (Å²) >= 11 is 3.29. The summed E-state index contributed by atoms with van der Waals surface area (Å²) in [5, 5.41) is 19.2. The molecule has 0 radical (unpaired) electrons. The monoisotopic (exact) mass is 244 g/mol. The zero-order chi connectivity index (χ0) is 10.0. The van der Waals surface area contributed by atoms with Gasteiger partial charge in [-0.25, -0.2) is 0 Å². The maximum Gasteiger partial charge on any atom is 0.121 e. The number of halogens is 1. The van der Waals surface area contributed by atoms with Crippen molar-refractivity contribution in [3.8, 4) is 5.75 Å². The first kappa shape index (κ1) is 10.5. The lowest BCUT2D eigenvalue weighted by Gasteiger charge is -2.16. The van der Waals surface area contributed by atoms with E-state index in [-0.39, 0.29) is 11.7 Å². The second-order valence-electron chi connectivity index (χ2n) is 3.39. The highest BCUT2D eigenvalue weighted by molar-refractivity contribution is 9.10. The normalized spacial score (nSPS) is 13.3. The van der Waals surface area contributed by atoms with E-state index in [1.54, 1.807) is 18.2 Å². The first-order valence-electron chi connectivity index (χ1n) is 4.19. The number of aliphatic hydroxyl groups excluding tert-OH is 1. The van der Waals surface area contributed by atoms with Crippen LogP contribution in [0, 0.1) is 5.92 Å². The predicted molar refractivity (Wildman–Crippen MR) is 55.6 cm³/mol. The van der Waals surface area contributed by atoms with Crippen molar-refractivity contribution >= 4 is 15.9 Å². The van der Waals surface area contributed by atoms with Gasteiger partial charge in [0, 0.05) is 10.0 Å². The number of aliphatic hydroxyl groups is 1. The number of phenolic OH excluding ortho intramolecular Hbond substituents is 1. The Balaban J connectivity index is 3.05. The largest absolute Gasteiger partial charge is 0.508 e. The maximum atomic E-state index is 9.72. The lowest BCUT2D eigenvalue weighted by atomic mass is 9.98. The van der Waals surface area contributed by atoms with Crippen LogP contribution < -0.4 is 0 Å². The molecule has 0 heterocycles. The van der Waals surface area contributed by atoms with Gasteiger partial charge in [0.15, 0.2) is 0 Å². The van der Waals surface area contributed by atoms with Crippen molar-refractivity contribution in [1.29, 1.82) is 0 Å². The van der Waals surface area contributed by atoms with Crippen LogP contribution in [0.1, 0.15) is 25.5 Å². The van der Waals surface area contributed by atoms with E-state index in [9.17, 15) is 10.2 Å². The molecular formula is C10H13BrO2. The maximum absolute atomic E-state index is 9.72. The molecule has 1 aromatic rings. The van der Waals surface area contributed by atoms with E-state index >= 15 is 0 Å². The molecule has 0 aliphatic carbocycles. The summed E-state index contributed by atoms with van der Waals surface area (Å²) in [6.07, 6.45) is -0.613. The summed E-state index contributed by atoms with van der Waals surface area (Å²) in [4.78, 5) is 0. The van der Waals surface area contributed by atoms with Gasteiger partial charge < -0.3 is 10.2 Å². The highest BCUT2D eigenvalue weighted by Crippen LogP contribution is 2.31. The van der Waals surface area contributed by atoms with Gasteiger partial charge >= 0.3 is 0 Å². The Hall–Kier alpha value is -0.540. The quantitative estimate of drug-likeness (QED) is 0.841. The molecule has 0 saturated carbocycles. The molecule has 0 aromatic heterocycles. The summed E-state index contributed by atoms with van der Waals surface area (Å²) in [5.41, 5.74) is 0.573. The Kier molecular flexibility index (Phi) is 3.33. The van der Waals surface area contributed by atoms with E-state index in [2.05, 4.69) is 15.9 Å². The van der Waals surface area contributed by atoms with Gasteiger partial charge in [0.05, 0.1) is 6.10 Å². The second kappa shape index (κ2) is 4.11. The number of hydrogen-bond acceptors (Lipinski definition) is 2. The molecule has 3 heteroatoms. The minimum Gasteiger partial charge on any atom is -0.508 e. The second-order valence-corrected chi connectivity index (χ2v) is 4.31. The number of hydrogen-bond donors (Lipinski definition) is 2. The molecule has 0 saturated heterocycles. The van der Waals surface area contributed by atoms with E-state index in [0.717, 1.165) is 4.47 Å². The molecule has 1 atom stereocenters. The van der Waals surface area contributed by atoms with Crippen LogP contribution in [-0.4, -0.2) is 10.2 Å². The minimum absolute atomic E-state index is 0.0974. The van der Waals surface area contributed by atoms with E-state index in [1.165, 1.54) is 0 Å². The van der Waals surface area contributed by atoms with E-state index in [1.807, 2.05) is 13.8 Å². The molecule has 0 aliphatic rings. The molecular weight excluding hydrogens is 232 g/mol. The van der Waals surface area contributed by atoms with Crippen molar-refractivity contribution < 1.29 is 10.2 Å². The summed E-state index contributed by atoms with van der Waals surface area (Å²) < 4.78 is 0.861. The third-order valence-electron chi connectivity index (χ3n) is 1.94. The van der Waals surface area contributed by atoms with Crippen LogP contribution >= 0.6 is 15.9 Å². The first-order valence-corrected chi connectivity index (χ1v) is 4.98. The average Bonchev–Trinajstić information content (AvgIpc) is 2.08. The SMILES string of the molecule is CC(C)[C@H](O)c1cc(Br)ccc1O. The highest BCUT2D eigenvalue weighted by Gasteiger charge is 2.15. The predicted octanol–water partition coefficient (Wildman–Crippen LogP) is 2.84. The third-order valence-corrected chi connectivity index (χ3v) is 2.43. The average molecular weight is 245 g/mol. The molecule has 0 fully saturated rings. The Morgan fingerprint density at radius 1 is 1.31 bits per heavy atom. The summed E-state index contributed by atoms with van der Waals surface area (Å²) in [6, 6.07) is 5.05. The Bertz CT molecular complexity index is 297. The van der Waals surface area contributed by atoms with Gasteiger partial charge in [-0.05, 0) is 24.1 Å². The molecule has 0 aliphatic heterocycles. The van der Waals surface area contributed by atoms with Gasteiger partial charge in [-0.1, -0.05) is 29.8 Å². The lowest BCUT2D eigenvalue weighted by Crippen LogP contribution is -2.05. The Labute approximate surface area is 86.3 Å². The zero-order valence-corrected chi connectivity index (χ0v) is 9.25. The first-order chi connectivity index (χ1) is 6.02. The topological polar surface area (TPSA) is 40.5 Å². The highest BCUT2D eigenvalue weighted by atomic mass is 79.9. The molecule has 0 bridgehead atoms. The molecule has 2 nitrogen and oxygen atoms in total. The fraction of sp³-hybridized carbons (Fsp3) is 0.400. The fourth-order valence-electron chi connectivity index (χ4n) is 1.12. The number of rotatable bonds is 2. The van der Waals surface area contributed by atoms with Crippen molar-refractivity contribution in [1.82, 2.24) is 0 Å². The number of benzene rings is 1. The van der Waals surface area contributed by atoms with Crippen molar-refractivity contribution in [2.45, 2.75) is 20.0 Å². The fourth-order valence-corrected chi connectivity index (χ4v) is 1.50. The van der Waals surface area contributed by atoms with E-state index in [0.29, 0.717) is 5.56 Å². The number of phenols is 1. The van der Waals surface area contributed by atoms with E-state index < -0.39 is 6.10 Å². The van der Waals surface area contributed by atoms with Crippen LogP contribution in [0.25, 0.3) is 0 Å². The smallest absolute Gasteiger partial charge is 0.121 e. The van der Waals surface area contributed by atoms with Gasteiger partial charge in [0.1, 0.15) is 5.75 Å². The van der Waals surface area contributed by atoms with Gasteiger partial charge in [0.2, 0.25) is 0 Å². The van der Waals surface area contributed by atoms with Crippen LogP contribution in [0.4, 0.5) is 0 Å². The van der Waals surface area contributed by atoms with E-state index in [4.69, 9.17) is 0 Å². The molecule has 72 valence electrons. The molecule has 1 aromatic carbocycles. The van der Waals surface area contributed by atoms with Gasteiger partial charge in [0.25, 0.3) is 0 Å². The van der Waals surface area contributed by atoms with Gasteiger partial charge in [-0.3, -0.25) is 0 Å². The standard InChI is InChI=1S/C10H13BrO2/c1-6(2)10(13)8-5-7(11)3-4-9(8)12/h3-6,10,12-13H,1-2H3/t10-/m0/s1. The molecule has 0 unspecified atom stereocenters. The molecule has 1 rings (SSSR count). The molecule has 2 N–H and O–H groups in total. The van der Waals surface area contributed by atoms with Crippen LogP contribution in [0.3, 0.4) is 0 Å². The van der Waals surface area contributed by atoms with Gasteiger partial charge in [-0.2, -0.15) is 0 Å². The molecule has 13 heavy (non-hydrogen) atoms. The zero-order valence-electron chi connectivity index (χ0n) is 7.66. The number of aromatic hydroxyl groups is 1. The molecule has 0 spiro atoms. The van der Waals surface area contributed by atoms with Crippen molar-refractivity contribution in [2.24, 2.45) is 5.92 Å². The van der Waals surface area contributed by atoms with Gasteiger partial charge in [-0.15, -0.1) is 0 Å². The van der Waals surface area contributed by atoms with Crippen LogP contribution in [0.5, 0.6) is 5.75 Å². The summed E-state index contributed by atoms with van der Waals surface area (Å²) in [6.45, 7) is 3.82. The summed E-state index contributed by atoms with van der Waals surface area (Å²) in [5.74, 6) is 0.240. The third kappa shape index (κ3) is 2.45. The van der Waals surface area contributed by atoms with Crippen molar-refractivity contribution in [3.63, 3.8) is 0 Å². The van der Waals surface area contributed by atoms with Crippen LogP contribution in [0.15, 0.2) is 22.7 Å². The Morgan fingerprint density at radius 2 is 1.92 bits per heavy atom. The lowest BCUT2D eigenvalue weighted by molar-refractivity contribution is 0.124. The van der Waals surface area contributed by atoms with Crippen LogP contribution in [0.2, 0.25) is 0 Å². The van der Waals surface area contributed by atoms with Crippen molar-refractivity contribution in [2.75, 3.05) is 0 Å². The summed E-state index contributed by atoms with van der Waals surface area (Å²) in [7, 11) is 0. The minimum atomic E-state index is -0.613. The Morgan fingerprint density at radius 3 is 2.46 bits per heavy atom.